The van der Waals surface area contributed by atoms with Crippen molar-refractivity contribution in [3.63, 3.8) is 0 Å². The number of rotatable bonds is 65. The van der Waals surface area contributed by atoms with Gasteiger partial charge in [0, 0.05) is 104 Å². The predicted octanol–water partition coefficient (Wildman–Crippen LogP) is 33.3. The molecule has 0 aliphatic heterocycles. The number of fused-ring (bicyclic) bond motifs is 10. The third-order valence-electron chi connectivity index (χ3n) is 31.8. The van der Waals surface area contributed by atoms with Crippen LogP contribution in [0.25, 0.3) is 0 Å². The van der Waals surface area contributed by atoms with E-state index < -0.39 is 52.2 Å². The van der Waals surface area contributed by atoms with E-state index in [1.807, 2.05) is 9.83 Å². The highest BCUT2D eigenvalue weighted by Gasteiger charge is 2.82. The van der Waals surface area contributed by atoms with Crippen LogP contribution in [-0.4, -0.2) is 178 Å². The van der Waals surface area contributed by atoms with E-state index in [1.165, 1.54) is 128 Å². The fourth-order valence-electron chi connectivity index (χ4n) is 26.8. The molecule has 0 aromatic heterocycles. The van der Waals surface area contributed by atoms with E-state index in [0.29, 0.717) is 129 Å². The molecule has 40 heteroatoms. The van der Waals surface area contributed by atoms with Crippen molar-refractivity contribution < 1.29 is 66.4 Å². The zero-order chi connectivity index (χ0) is 91.4. The summed E-state index contributed by atoms with van der Waals surface area (Å²) >= 11 is 0. The Hall–Kier alpha value is 7.48. The van der Waals surface area contributed by atoms with Crippen LogP contribution in [0, 0.1) is 56.7 Å². The van der Waals surface area contributed by atoms with Gasteiger partial charge in [0.2, 0.25) is 0 Å². The SMILES string of the molecule is CCO[Si](OCC)(OCC)C1(SSSSC2CCCCCCCCCC(SSSSC3([Si](OCC)(OCC)OCC)CC4CCC3(CC)C4)(SSSSC3([Si](OCC)(OCC)OCC)CC4CCC3(CC)C4)C2(SSSSC2([Si](OCC)(OCC)OCC)CC3CCC2(CC)C3)SSSSC2([Si](OCC)(OCC)OCC)CC3CCC2(CC)C3)CC2CCC1(CC)C2. The molecular weight excluding hydrogens is 2070 g/mol. The normalized spacial score (nSPS) is 36.3. The van der Waals surface area contributed by atoms with Gasteiger partial charge >= 0.3 is 44.0 Å². The molecular formula is C87H164O15S20Si5. The number of hydrogen-bond acceptors (Lipinski definition) is 35. The molecule has 11 rings (SSSR count). The zero-order valence-electron chi connectivity index (χ0n) is 80.9. The molecule has 0 aromatic rings. The average molecular weight is 2230 g/mol. The first kappa shape index (κ1) is 115. The molecule has 0 heterocycles. The lowest BCUT2D eigenvalue weighted by molar-refractivity contribution is 0.0347. The van der Waals surface area contributed by atoms with E-state index in [4.69, 9.17) is 66.4 Å². The molecule has 127 heavy (non-hydrogen) atoms. The average Bonchev–Trinajstić information content (AvgIpc) is 1.56. The Morgan fingerprint density at radius 1 is 0.205 bits per heavy atom. The Balaban J connectivity index is 1.14. The summed E-state index contributed by atoms with van der Waals surface area (Å²) < 4.78 is 108. The van der Waals surface area contributed by atoms with Crippen LogP contribution < -0.4 is 0 Å². The van der Waals surface area contributed by atoms with Crippen molar-refractivity contribution in [3.05, 3.63) is 0 Å². The number of hydrogen-bond donors (Lipinski definition) is 0. The molecule has 0 radical (unpaired) electrons. The van der Waals surface area contributed by atoms with Gasteiger partial charge in [-0.15, -0.1) is 0 Å². The fraction of sp³-hybridized carbons (Fsp3) is 1.00. The molecule has 11 saturated carbocycles. The van der Waals surface area contributed by atoms with Gasteiger partial charge in [-0.1, -0.05) is 188 Å². The minimum atomic E-state index is -3.42. The highest BCUT2D eigenvalue weighted by molar-refractivity contribution is 9.31. The molecule has 0 saturated heterocycles. The summed E-state index contributed by atoms with van der Waals surface area (Å²) in [5.41, 5.74) is 0.111. The van der Waals surface area contributed by atoms with Crippen molar-refractivity contribution in [2.45, 2.75) is 392 Å². The van der Waals surface area contributed by atoms with Gasteiger partial charge in [-0.2, -0.15) is 0 Å². The van der Waals surface area contributed by atoms with E-state index in [2.05, 4.69) is 335 Å². The maximum Gasteiger partial charge on any atom is 0.519 e. The first-order valence-electron chi connectivity index (χ1n) is 49.6. The third kappa shape index (κ3) is 21.9. The van der Waals surface area contributed by atoms with Crippen LogP contribution in [-0.2, 0) is 66.4 Å². The monoisotopic (exact) mass is 2230 g/mol. The first-order valence-corrected chi connectivity index (χ1v) is 82.4. The van der Waals surface area contributed by atoms with E-state index >= 15 is 0 Å². The molecule has 0 N–H and O–H groups in total. The summed E-state index contributed by atoms with van der Waals surface area (Å²) in [5, 5.41) is 0.115. The Labute approximate surface area is 854 Å². The Morgan fingerprint density at radius 3 is 0.614 bits per heavy atom. The lowest BCUT2D eigenvalue weighted by atomic mass is 9.80. The van der Waals surface area contributed by atoms with E-state index in [1.54, 1.807) is 0 Å². The van der Waals surface area contributed by atoms with Crippen LogP contribution in [0.5, 0.6) is 0 Å². The van der Waals surface area contributed by atoms with Gasteiger partial charge < -0.3 is 66.4 Å². The van der Waals surface area contributed by atoms with Crippen molar-refractivity contribution in [1.82, 2.24) is 0 Å². The largest absolute Gasteiger partial charge is 0.519 e. The molecule has 16 unspecified atom stereocenters. The summed E-state index contributed by atoms with van der Waals surface area (Å²) in [6, 6.07) is 0. The van der Waals surface area contributed by atoms with Gasteiger partial charge in [-0.25, -0.2) is 0 Å². The smallest absolute Gasteiger partial charge is 0.373 e. The van der Waals surface area contributed by atoms with Crippen LogP contribution in [0.4, 0.5) is 0 Å². The first-order chi connectivity index (χ1) is 61.5. The molecule has 11 fully saturated rings. The van der Waals surface area contributed by atoms with Crippen molar-refractivity contribution in [2.24, 2.45) is 56.7 Å². The van der Waals surface area contributed by atoms with Crippen molar-refractivity contribution in [1.29, 1.82) is 0 Å². The third-order valence-corrected chi connectivity index (χ3v) is 98.0. The molecule has 0 amide bonds. The van der Waals surface area contributed by atoms with Crippen LogP contribution in [0.15, 0.2) is 0 Å². The van der Waals surface area contributed by atoms with Crippen molar-refractivity contribution in [2.75, 3.05) is 99.1 Å². The molecule has 11 aliphatic rings. The zero-order valence-corrected chi connectivity index (χ0v) is 102. The lowest BCUT2D eigenvalue weighted by Crippen LogP contribution is -2.68. The Bertz CT molecular complexity index is 3050. The minimum Gasteiger partial charge on any atom is -0.373 e. The minimum absolute atomic E-state index is 0.0129. The van der Waals surface area contributed by atoms with E-state index in [0.717, 1.165) is 89.9 Å². The quantitative estimate of drug-likeness (QED) is 0.0247. The van der Waals surface area contributed by atoms with E-state index in [9.17, 15) is 0 Å². The molecule has 0 spiro atoms. The van der Waals surface area contributed by atoms with Crippen LogP contribution in [0.2, 0.25) is 0 Å². The second-order valence-corrected chi connectivity index (χ2v) is 84.8. The molecule has 11 aliphatic carbocycles. The second kappa shape index (κ2) is 52.4. The topological polar surface area (TPSA) is 138 Å². The van der Waals surface area contributed by atoms with E-state index in [-0.39, 0.29) is 54.2 Å². The van der Waals surface area contributed by atoms with Gasteiger partial charge in [0.25, 0.3) is 0 Å². The predicted molar refractivity (Wildman–Crippen MR) is 593 cm³/mol. The van der Waals surface area contributed by atoms with Crippen LogP contribution >= 0.6 is 206 Å². The van der Waals surface area contributed by atoms with Gasteiger partial charge in [0.1, 0.15) is 30.0 Å². The molecule has 742 valence electrons. The van der Waals surface area contributed by atoms with Gasteiger partial charge in [-0.3, -0.25) is 0 Å². The van der Waals surface area contributed by atoms with Crippen LogP contribution in [0.3, 0.4) is 0 Å². The van der Waals surface area contributed by atoms with Gasteiger partial charge in [0.05, 0.1) is 0 Å². The Kier molecular flexibility index (Phi) is 47.3. The van der Waals surface area contributed by atoms with Crippen molar-refractivity contribution >= 4 is 250 Å². The summed E-state index contributed by atoms with van der Waals surface area (Å²) in [7, 11) is 25.5. The van der Waals surface area contributed by atoms with Crippen molar-refractivity contribution in [3.8, 4) is 0 Å². The fourth-order valence-corrected chi connectivity index (χ4v) is 107. The highest BCUT2D eigenvalue weighted by atomic mass is 33.7. The maximum atomic E-state index is 7.37. The molecule has 16 atom stereocenters. The molecule has 10 bridgehead atoms. The standard InChI is InChI=1S/C87H164O15S20Si5/c1-21-76-55-49-70(60-76)65-82(76,123(88-26-6,89-27-7)90-28-8)106-116-113-103-75-48-46-44-42-41-43-45-47-54-81(104-114-117-107-83(66-71-50-56-77(83,22-2)61-71)124(91-29-9,92-30-10)93-31-11,105-115-118-108-84(67-72-51-57-78(84,23-3)62-72)125(94-32-12,95-33-13)96-34-14)87(75,111-121-119-109-85(68-73-52-58-79(85,24-4)63-73)126(97-35-15,98-36-16)99-37-17)112-122-120-110-86(69-74-53-59-80(86,25-5)64-74)127(100-38-18,101-39-19)102-40-20/h70-75H,21-69H2,1-20H3. The molecule has 0 aromatic carbocycles. The van der Waals surface area contributed by atoms with Crippen LogP contribution in [0.1, 0.15) is 357 Å². The second-order valence-electron chi connectivity index (χ2n) is 37.1. The summed E-state index contributed by atoms with van der Waals surface area (Å²) in [4.78, 5) is 0. The Morgan fingerprint density at radius 2 is 0.402 bits per heavy atom. The summed E-state index contributed by atoms with van der Waals surface area (Å²) in [6.45, 7) is 53.4. The maximum absolute atomic E-state index is 7.37. The summed E-state index contributed by atoms with van der Waals surface area (Å²) in [5.74, 6) is 3.04. The van der Waals surface area contributed by atoms with Gasteiger partial charge in [0.15, 0.2) is 0 Å². The van der Waals surface area contributed by atoms with Gasteiger partial charge in [-0.05, 0) is 432 Å². The molecule has 15 nitrogen and oxygen atoms in total. The lowest BCUT2D eigenvalue weighted by Gasteiger charge is -2.53. The highest BCUT2D eigenvalue weighted by Crippen LogP contribution is 2.84. The summed E-state index contributed by atoms with van der Waals surface area (Å²) in [6.07, 6.45) is 39.4.